The highest BCUT2D eigenvalue weighted by Crippen LogP contribution is 2.27. The molecule has 0 aliphatic carbocycles. The van der Waals surface area contributed by atoms with Gasteiger partial charge in [-0.15, -0.1) is 0 Å². The first-order chi connectivity index (χ1) is 9.72. The van der Waals surface area contributed by atoms with Gasteiger partial charge in [0, 0.05) is 6.04 Å². The van der Waals surface area contributed by atoms with Crippen molar-refractivity contribution in [3.63, 3.8) is 0 Å². The molecule has 1 atom stereocenters. The lowest BCUT2D eigenvalue weighted by molar-refractivity contribution is 0.482. The van der Waals surface area contributed by atoms with Crippen LogP contribution in [0.1, 0.15) is 18.5 Å². The summed E-state index contributed by atoms with van der Waals surface area (Å²) in [6, 6.07) is 22.3. The second-order valence-corrected chi connectivity index (χ2v) is 4.97. The van der Waals surface area contributed by atoms with E-state index in [1.807, 2.05) is 55.5 Å². The Labute approximate surface area is 118 Å². The molecule has 0 aromatic heterocycles. The molecule has 0 heterocycles. The smallest absolute Gasteiger partial charge is 0.128 e. The van der Waals surface area contributed by atoms with E-state index in [-0.39, 0.29) is 6.04 Å². The predicted molar refractivity (Wildman–Crippen MR) is 83.1 cm³/mol. The van der Waals surface area contributed by atoms with Crippen LogP contribution in [0.25, 0.3) is 10.8 Å². The molecule has 3 aromatic carbocycles. The second-order valence-electron chi connectivity index (χ2n) is 4.97. The maximum Gasteiger partial charge on any atom is 0.128 e. The third kappa shape index (κ3) is 2.65. The van der Waals surface area contributed by atoms with E-state index in [9.17, 15) is 0 Å². The number of hydrogen-bond donors (Lipinski definition) is 1. The molecule has 3 aromatic rings. The summed E-state index contributed by atoms with van der Waals surface area (Å²) in [6.45, 7) is 1.97. The maximum absolute atomic E-state index is 5.92. The number of ether oxygens (including phenoxy) is 1. The SMILES string of the molecule is CC(N)c1cccc(Oc2ccc3ccccc3c2)c1. The van der Waals surface area contributed by atoms with E-state index in [0.29, 0.717) is 0 Å². The lowest BCUT2D eigenvalue weighted by Gasteiger charge is -2.10. The summed E-state index contributed by atoms with van der Waals surface area (Å²) in [4.78, 5) is 0. The quantitative estimate of drug-likeness (QED) is 0.746. The Kier molecular flexibility index (Phi) is 3.40. The van der Waals surface area contributed by atoms with Gasteiger partial charge in [0.05, 0.1) is 0 Å². The summed E-state index contributed by atoms with van der Waals surface area (Å²) < 4.78 is 5.92. The summed E-state index contributed by atoms with van der Waals surface area (Å²) in [5, 5.41) is 2.39. The van der Waals surface area contributed by atoms with Crippen LogP contribution >= 0.6 is 0 Å². The van der Waals surface area contributed by atoms with E-state index in [0.717, 1.165) is 17.1 Å². The molecule has 0 bridgehead atoms. The van der Waals surface area contributed by atoms with E-state index in [2.05, 4.69) is 18.2 Å². The van der Waals surface area contributed by atoms with Crippen LogP contribution in [0.3, 0.4) is 0 Å². The monoisotopic (exact) mass is 263 g/mol. The van der Waals surface area contributed by atoms with Gasteiger partial charge in [0.25, 0.3) is 0 Å². The standard InChI is InChI=1S/C18H17NO/c1-13(19)15-7-4-8-17(11-15)20-18-10-9-14-5-2-3-6-16(14)12-18/h2-13H,19H2,1H3. The normalized spacial score (nSPS) is 12.3. The van der Waals surface area contributed by atoms with Gasteiger partial charge in [0.2, 0.25) is 0 Å². The van der Waals surface area contributed by atoms with Gasteiger partial charge < -0.3 is 10.5 Å². The molecule has 0 saturated heterocycles. The van der Waals surface area contributed by atoms with Crippen LogP contribution in [0.15, 0.2) is 66.7 Å². The summed E-state index contributed by atoms with van der Waals surface area (Å²) in [7, 11) is 0. The first-order valence-corrected chi connectivity index (χ1v) is 6.74. The number of benzene rings is 3. The van der Waals surface area contributed by atoms with Gasteiger partial charge in [-0.1, -0.05) is 42.5 Å². The van der Waals surface area contributed by atoms with Gasteiger partial charge in [-0.05, 0) is 47.5 Å². The lowest BCUT2D eigenvalue weighted by Crippen LogP contribution is -2.04. The molecule has 3 rings (SSSR count). The van der Waals surface area contributed by atoms with Gasteiger partial charge >= 0.3 is 0 Å². The molecule has 1 unspecified atom stereocenters. The third-order valence-electron chi connectivity index (χ3n) is 3.34. The molecular formula is C18H17NO. The fraction of sp³-hybridized carbons (Fsp3) is 0.111. The molecular weight excluding hydrogens is 246 g/mol. The Hall–Kier alpha value is -2.32. The topological polar surface area (TPSA) is 35.2 Å². The Morgan fingerprint density at radius 1 is 0.800 bits per heavy atom. The molecule has 0 saturated carbocycles. The summed E-state index contributed by atoms with van der Waals surface area (Å²) in [5.41, 5.74) is 6.97. The molecule has 0 fully saturated rings. The molecule has 20 heavy (non-hydrogen) atoms. The van der Waals surface area contributed by atoms with Crippen LogP contribution < -0.4 is 10.5 Å². The van der Waals surface area contributed by atoms with Crippen LogP contribution in [0.2, 0.25) is 0 Å². The van der Waals surface area contributed by atoms with Gasteiger partial charge in [0.15, 0.2) is 0 Å². The van der Waals surface area contributed by atoms with Crippen LogP contribution in [0.5, 0.6) is 11.5 Å². The summed E-state index contributed by atoms with van der Waals surface area (Å²) in [6.07, 6.45) is 0. The van der Waals surface area contributed by atoms with E-state index >= 15 is 0 Å². The number of rotatable bonds is 3. The molecule has 2 nitrogen and oxygen atoms in total. The molecule has 0 aliphatic heterocycles. The van der Waals surface area contributed by atoms with Crippen molar-refractivity contribution >= 4 is 10.8 Å². The van der Waals surface area contributed by atoms with Crippen molar-refractivity contribution in [1.82, 2.24) is 0 Å². The zero-order valence-electron chi connectivity index (χ0n) is 11.4. The van der Waals surface area contributed by atoms with Crippen LogP contribution in [-0.4, -0.2) is 0 Å². The minimum Gasteiger partial charge on any atom is -0.457 e. The van der Waals surface area contributed by atoms with Crippen LogP contribution in [0, 0.1) is 0 Å². The van der Waals surface area contributed by atoms with Gasteiger partial charge in [0.1, 0.15) is 11.5 Å². The average Bonchev–Trinajstić information content (AvgIpc) is 2.47. The molecule has 0 amide bonds. The van der Waals surface area contributed by atoms with Crippen molar-refractivity contribution in [2.75, 3.05) is 0 Å². The molecule has 100 valence electrons. The van der Waals surface area contributed by atoms with E-state index in [1.54, 1.807) is 0 Å². The van der Waals surface area contributed by atoms with Crippen LogP contribution in [0.4, 0.5) is 0 Å². The Morgan fingerprint density at radius 3 is 2.35 bits per heavy atom. The summed E-state index contributed by atoms with van der Waals surface area (Å²) in [5.74, 6) is 1.65. The van der Waals surface area contributed by atoms with E-state index in [1.165, 1.54) is 10.8 Å². The minimum absolute atomic E-state index is 0.00940. The first-order valence-electron chi connectivity index (χ1n) is 6.74. The first kappa shape index (κ1) is 12.7. The van der Waals surface area contributed by atoms with Crippen molar-refractivity contribution in [2.24, 2.45) is 5.73 Å². The van der Waals surface area contributed by atoms with Crippen molar-refractivity contribution in [3.05, 3.63) is 72.3 Å². The predicted octanol–water partition coefficient (Wildman–Crippen LogP) is 4.65. The molecule has 0 spiro atoms. The van der Waals surface area contributed by atoms with Crippen molar-refractivity contribution in [2.45, 2.75) is 13.0 Å². The van der Waals surface area contributed by atoms with Crippen molar-refractivity contribution in [1.29, 1.82) is 0 Å². The largest absolute Gasteiger partial charge is 0.457 e. The lowest BCUT2D eigenvalue weighted by atomic mass is 10.1. The number of fused-ring (bicyclic) bond motifs is 1. The minimum atomic E-state index is 0.00940. The zero-order chi connectivity index (χ0) is 13.9. The Morgan fingerprint density at radius 2 is 1.55 bits per heavy atom. The summed E-state index contributed by atoms with van der Waals surface area (Å²) >= 11 is 0. The Bertz CT molecular complexity index is 734. The van der Waals surface area contributed by atoms with Crippen LogP contribution in [-0.2, 0) is 0 Å². The average molecular weight is 263 g/mol. The van der Waals surface area contributed by atoms with Crippen molar-refractivity contribution in [3.8, 4) is 11.5 Å². The molecule has 0 aliphatic rings. The van der Waals surface area contributed by atoms with Gasteiger partial charge in [-0.25, -0.2) is 0 Å². The molecule has 0 radical (unpaired) electrons. The third-order valence-corrected chi connectivity index (χ3v) is 3.34. The fourth-order valence-electron chi connectivity index (χ4n) is 2.23. The highest BCUT2D eigenvalue weighted by atomic mass is 16.5. The zero-order valence-corrected chi connectivity index (χ0v) is 11.4. The van der Waals surface area contributed by atoms with Gasteiger partial charge in [-0.2, -0.15) is 0 Å². The number of hydrogen-bond acceptors (Lipinski definition) is 2. The molecule has 2 heteroatoms. The maximum atomic E-state index is 5.92. The van der Waals surface area contributed by atoms with E-state index < -0.39 is 0 Å². The Balaban J connectivity index is 1.90. The van der Waals surface area contributed by atoms with Gasteiger partial charge in [-0.3, -0.25) is 0 Å². The highest BCUT2D eigenvalue weighted by molar-refractivity contribution is 5.83. The molecule has 2 N–H and O–H groups in total. The van der Waals surface area contributed by atoms with Crippen molar-refractivity contribution < 1.29 is 4.74 Å². The second kappa shape index (κ2) is 5.35. The fourth-order valence-corrected chi connectivity index (χ4v) is 2.23. The van der Waals surface area contributed by atoms with E-state index in [4.69, 9.17) is 10.5 Å². The number of nitrogens with two attached hydrogens (primary N) is 1. The highest BCUT2D eigenvalue weighted by Gasteiger charge is 2.03.